The van der Waals surface area contributed by atoms with Crippen molar-refractivity contribution in [3.05, 3.63) is 0 Å². The van der Waals surface area contributed by atoms with Crippen LogP contribution in [-0.4, -0.2) is 54.9 Å². The van der Waals surface area contributed by atoms with Crippen LogP contribution in [-0.2, 0) is 9.09 Å². The van der Waals surface area contributed by atoms with Gasteiger partial charge in [-0.2, -0.15) is 0 Å². The van der Waals surface area contributed by atoms with E-state index in [1.807, 2.05) is 6.92 Å². The van der Waals surface area contributed by atoms with Gasteiger partial charge in [0.25, 0.3) is 0 Å². The lowest BCUT2D eigenvalue weighted by atomic mass is 10.5. The molecule has 98 valence electrons. The van der Waals surface area contributed by atoms with Crippen molar-refractivity contribution in [1.29, 1.82) is 0 Å². The molecule has 0 saturated heterocycles. The summed E-state index contributed by atoms with van der Waals surface area (Å²) in [6, 6.07) is 0. The average molecular weight is 291 g/mol. The predicted molar refractivity (Wildman–Crippen MR) is 70.5 cm³/mol. The Bertz CT molecular complexity index is 226. The van der Waals surface area contributed by atoms with Crippen LogP contribution in [0.4, 0.5) is 0 Å². The molecule has 0 radical (unpaired) electrons. The summed E-state index contributed by atoms with van der Waals surface area (Å²) in [7, 11) is 0.302. The molecule has 0 aliphatic carbocycles. The number of hydrogen-bond donors (Lipinski definition) is 0. The quantitative estimate of drug-likeness (QED) is 0.483. The van der Waals surface area contributed by atoms with Crippen LogP contribution in [0.1, 0.15) is 13.3 Å². The molecule has 0 aromatic heterocycles. The molecule has 0 aromatic carbocycles. The Hall–Kier alpha value is 0.690. The molecular weight excluding hydrogens is 270 g/mol. The summed E-state index contributed by atoms with van der Waals surface area (Å²) in [6.45, 7) is 3.76. The van der Waals surface area contributed by atoms with Crippen LogP contribution in [0.5, 0.6) is 0 Å². The van der Waals surface area contributed by atoms with E-state index >= 15 is 0 Å². The summed E-state index contributed by atoms with van der Waals surface area (Å²) < 4.78 is 21.3. The summed E-state index contributed by atoms with van der Waals surface area (Å²) in [5.41, 5.74) is 0. The molecule has 0 aliphatic heterocycles. The van der Waals surface area contributed by atoms with Crippen molar-refractivity contribution in [3.63, 3.8) is 0 Å². The fraction of sp³-hybridized carbons (Fsp3) is 1.00. The van der Waals surface area contributed by atoms with Gasteiger partial charge < -0.3 is 4.52 Å². The van der Waals surface area contributed by atoms with Crippen molar-refractivity contribution in [1.82, 2.24) is 9.34 Å². The Morgan fingerprint density at radius 3 is 2.00 bits per heavy atom. The molecule has 16 heavy (non-hydrogen) atoms. The molecule has 0 bridgehead atoms. The van der Waals surface area contributed by atoms with E-state index < -0.39 is 7.67 Å². The molecule has 7 heteroatoms. The highest BCUT2D eigenvalue weighted by Gasteiger charge is 2.34. The van der Waals surface area contributed by atoms with Crippen molar-refractivity contribution >= 4 is 30.9 Å². The van der Waals surface area contributed by atoms with Crippen LogP contribution in [0.2, 0.25) is 0 Å². The second-order valence-corrected chi connectivity index (χ2v) is 6.74. The zero-order chi connectivity index (χ0) is 12.6. The lowest BCUT2D eigenvalue weighted by Gasteiger charge is -2.34. The Kier molecular flexibility index (Phi) is 9.11. The molecular formula is C9H21Cl2N2O2P. The lowest BCUT2D eigenvalue weighted by molar-refractivity contribution is 0.260. The Morgan fingerprint density at radius 2 is 1.69 bits per heavy atom. The number of halogens is 2. The summed E-state index contributed by atoms with van der Waals surface area (Å²) >= 11 is 11.4. The molecule has 0 spiro atoms. The maximum atomic E-state index is 12.7. The molecule has 0 heterocycles. The summed E-state index contributed by atoms with van der Waals surface area (Å²) in [6.07, 6.45) is 0.916. The molecule has 0 aliphatic rings. The smallest absolute Gasteiger partial charge is 0.309 e. The fourth-order valence-corrected chi connectivity index (χ4v) is 4.22. The molecule has 0 fully saturated rings. The first-order chi connectivity index (χ1) is 7.56. The van der Waals surface area contributed by atoms with Gasteiger partial charge in [-0.3, -0.25) is 4.57 Å². The highest BCUT2D eigenvalue weighted by Crippen LogP contribution is 2.52. The molecule has 0 amide bonds. The minimum Gasteiger partial charge on any atom is -0.309 e. The van der Waals surface area contributed by atoms with Crippen molar-refractivity contribution in [2.45, 2.75) is 13.3 Å². The average Bonchev–Trinajstić information content (AvgIpc) is 2.28. The summed E-state index contributed by atoms with van der Waals surface area (Å²) in [5.74, 6) is 0.814. The van der Waals surface area contributed by atoms with Gasteiger partial charge >= 0.3 is 7.67 Å². The highest BCUT2D eigenvalue weighted by molar-refractivity contribution is 7.53. The highest BCUT2D eigenvalue weighted by atomic mass is 35.5. The van der Waals surface area contributed by atoms with E-state index in [0.29, 0.717) is 31.4 Å². The van der Waals surface area contributed by atoms with Gasteiger partial charge in [-0.15, -0.1) is 23.2 Å². The SMILES string of the molecule is CCCN(C)P(=O)(OC)N(CCCl)CCCl. The topological polar surface area (TPSA) is 32.8 Å². The zero-order valence-corrected chi connectivity index (χ0v) is 12.6. The van der Waals surface area contributed by atoms with Crippen LogP contribution in [0.3, 0.4) is 0 Å². The standard InChI is InChI=1S/C9H21Cl2N2O2P/c1-4-7-12(2)16(14,15-3)13(8-5-10)9-6-11/h4-9H2,1-3H3. The first-order valence-electron chi connectivity index (χ1n) is 5.31. The number of rotatable bonds is 9. The third-order valence-corrected chi connectivity index (χ3v) is 5.25. The maximum Gasteiger partial charge on any atom is 0.345 e. The van der Waals surface area contributed by atoms with Gasteiger partial charge in [0.05, 0.1) is 0 Å². The minimum atomic E-state index is -2.95. The first kappa shape index (κ1) is 16.7. The summed E-state index contributed by atoms with van der Waals surface area (Å²) in [5, 5.41) is 0. The number of hydrogen-bond acceptors (Lipinski definition) is 2. The van der Waals surface area contributed by atoms with Crippen LogP contribution in [0.25, 0.3) is 0 Å². The number of nitrogens with zero attached hydrogens (tertiary/aromatic N) is 2. The molecule has 1 atom stereocenters. The van der Waals surface area contributed by atoms with Gasteiger partial charge in [0.15, 0.2) is 0 Å². The lowest BCUT2D eigenvalue weighted by Crippen LogP contribution is -2.33. The Labute approximate surface area is 108 Å². The maximum absolute atomic E-state index is 12.7. The molecule has 1 unspecified atom stereocenters. The third kappa shape index (κ3) is 4.52. The first-order valence-corrected chi connectivity index (χ1v) is 7.91. The monoisotopic (exact) mass is 290 g/mol. The van der Waals surface area contributed by atoms with Crippen LogP contribution < -0.4 is 0 Å². The largest absolute Gasteiger partial charge is 0.345 e. The molecule has 0 rings (SSSR count). The summed E-state index contributed by atoms with van der Waals surface area (Å²) in [4.78, 5) is 0. The third-order valence-electron chi connectivity index (χ3n) is 2.26. The van der Waals surface area contributed by atoms with Crippen molar-refractivity contribution in [2.75, 3.05) is 45.6 Å². The van der Waals surface area contributed by atoms with E-state index in [0.717, 1.165) is 6.42 Å². The van der Waals surface area contributed by atoms with Gasteiger partial charge in [0.2, 0.25) is 0 Å². The second kappa shape index (κ2) is 8.73. The van der Waals surface area contributed by atoms with Crippen LogP contribution >= 0.6 is 30.9 Å². The fourth-order valence-electron chi connectivity index (χ4n) is 1.48. The normalized spacial score (nSPS) is 15.7. The van der Waals surface area contributed by atoms with E-state index in [-0.39, 0.29) is 0 Å². The van der Waals surface area contributed by atoms with E-state index in [2.05, 4.69) is 0 Å². The van der Waals surface area contributed by atoms with Gasteiger partial charge in [-0.1, -0.05) is 6.92 Å². The van der Waals surface area contributed by atoms with Crippen molar-refractivity contribution in [3.8, 4) is 0 Å². The van der Waals surface area contributed by atoms with Gasteiger partial charge in [0, 0.05) is 38.5 Å². The predicted octanol–water partition coefficient (Wildman–Crippen LogP) is 2.86. The zero-order valence-electron chi connectivity index (χ0n) is 10.2. The van der Waals surface area contributed by atoms with Gasteiger partial charge in [-0.25, -0.2) is 9.34 Å². The van der Waals surface area contributed by atoms with Crippen molar-refractivity contribution in [2.24, 2.45) is 0 Å². The van der Waals surface area contributed by atoms with E-state index in [1.54, 1.807) is 16.4 Å². The molecule has 4 nitrogen and oxygen atoms in total. The Balaban J connectivity index is 4.78. The second-order valence-electron chi connectivity index (χ2n) is 3.39. The molecule has 0 aromatic rings. The molecule has 0 N–H and O–H groups in total. The van der Waals surface area contributed by atoms with Crippen molar-refractivity contribution < 1.29 is 9.09 Å². The van der Waals surface area contributed by atoms with Gasteiger partial charge in [-0.05, 0) is 13.5 Å². The van der Waals surface area contributed by atoms with Gasteiger partial charge in [0.1, 0.15) is 0 Å². The minimum absolute atomic E-state index is 0.407. The van der Waals surface area contributed by atoms with E-state index in [1.165, 1.54) is 7.11 Å². The van der Waals surface area contributed by atoms with Crippen LogP contribution in [0, 0.1) is 0 Å². The van der Waals surface area contributed by atoms with E-state index in [4.69, 9.17) is 27.7 Å². The Morgan fingerprint density at radius 1 is 1.19 bits per heavy atom. The number of alkyl halides is 2. The van der Waals surface area contributed by atoms with Crippen LogP contribution in [0.15, 0.2) is 0 Å². The van der Waals surface area contributed by atoms with E-state index in [9.17, 15) is 4.57 Å². The molecule has 0 saturated carbocycles.